The molecule has 0 spiro atoms. The highest BCUT2D eigenvalue weighted by Crippen LogP contribution is 2.37. The fourth-order valence-corrected chi connectivity index (χ4v) is 4.43. The third kappa shape index (κ3) is 2.04. The molecule has 0 bridgehead atoms. The van der Waals surface area contributed by atoms with Crippen LogP contribution in [0.3, 0.4) is 0 Å². The van der Waals surface area contributed by atoms with Crippen molar-refractivity contribution in [3.63, 3.8) is 0 Å². The van der Waals surface area contributed by atoms with Gasteiger partial charge in [0.1, 0.15) is 10.4 Å². The maximum absolute atomic E-state index is 12.5. The summed E-state index contributed by atoms with van der Waals surface area (Å²) in [7, 11) is -2.20. The molecule has 1 saturated heterocycles. The van der Waals surface area contributed by atoms with Crippen LogP contribution >= 0.6 is 0 Å². The van der Waals surface area contributed by atoms with Gasteiger partial charge in [-0.3, -0.25) is 9.48 Å². The highest BCUT2D eigenvalue weighted by atomic mass is 32.2. The lowest BCUT2D eigenvalue weighted by atomic mass is 9.95. The number of nitrogens with zero attached hydrogens (tertiary/aromatic N) is 3. The minimum Gasteiger partial charge on any atom is -0.480 e. The highest BCUT2D eigenvalue weighted by molar-refractivity contribution is 7.89. The van der Waals surface area contributed by atoms with Gasteiger partial charge in [0.15, 0.2) is 0 Å². The maximum Gasteiger partial charge on any atom is 0.325 e. The Balaban J connectivity index is 2.48. The van der Waals surface area contributed by atoms with Gasteiger partial charge in [-0.05, 0) is 19.3 Å². The van der Waals surface area contributed by atoms with Gasteiger partial charge in [-0.15, -0.1) is 0 Å². The third-order valence-corrected chi connectivity index (χ3v) is 5.60. The largest absolute Gasteiger partial charge is 0.480 e. The van der Waals surface area contributed by atoms with E-state index in [1.54, 1.807) is 14.0 Å². The average Bonchev–Trinajstić information content (AvgIpc) is 2.95. The van der Waals surface area contributed by atoms with Crippen molar-refractivity contribution in [1.82, 2.24) is 14.1 Å². The number of carboxylic acid groups (broad SMARTS) is 1. The predicted molar refractivity (Wildman–Crippen MR) is 67.0 cm³/mol. The van der Waals surface area contributed by atoms with Crippen molar-refractivity contribution in [2.75, 3.05) is 6.54 Å². The number of hydrogen-bond donors (Lipinski definition) is 1. The molecule has 0 amide bonds. The number of sulfonamides is 1. The Morgan fingerprint density at radius 2 is 2.26 bits per heavy atom. The summed E-state index contributed by atoms with van der Waals surface area (Å²) >= 11 is 0. The van der Waals surface area contributed by atoms with Gasteiger partial charge in [-0.2, -0.15) is 9.40 Å². The molecular weight excluding hydrogens is 270 g/mol. The molecule has 1 aliphatic heterocycles. The molecule has 1 aliphatic rings. The molecule has 7 nitrogen and oxygen atoms in total. The average molecular weight is 287 g/mol. The van der Waals surface area contributed by atoms with E-state index in [9.17, 15) is 18.3 Å². The molecular formula is C11H17N3O4S. The zero-order chi connectivity index (χ0) is 14.3. The van der Waals surface area contributed by atoms with Crippen LogP contribution in [0.5, 0.6) is 0 Å². The molecule has 0 aromatic carbocycles. The van der Waals surface area contributed by atoms with Gasteiger partial charge in [0, 0.05) is 19.8 Å². The molecule has 106 valence electrons. The third-order valence-electron chi connectivity index (χ3n) is 3.68. The second-order valence-electron chi connectivity index (χ2n) is 4.72. The van der Waals surface area contributed by atoms with E-state index in [1.807, 2.05) is 0 Å². The van der Waals surface area contributed by atoms with Crippen molar-refractivity contribution >= 4 is 16.0 Å². The minimum absolute atomic E-state index is 0.0379. The molecule has 1 aromatic rings. The molecule has 1 unspecified atom stereocenters. The molecule has 1 N–H and O–H groups in total. The van der Waals surface area contributed by atoms with Crippen LogP contribution in [0.15, 0.2) is 17.3 Å². The number of rotatable bonds is 4. The van der Waals surface area contributed by atoms with Crippen molar-refractivity contribution in [3.8, 4) is 0 Å². The van der Waals surface area contributed by atoms with E-state index in [0.717, 1.165) is 4.31 Å². The van der Waals surface area contributed by atoms with Gasteiger partial charge in [-0.1, -0.05) is 6.92 Å². The summed E-state index contributed by atoms with van der Waals surface area (Å²) in [4.78, 5) is 11.6. The zero-order valence-corrected chi connectivity index (χ0v) is 11.7. The van der Waals surface area contributed by atoms with E-state index in [1.165, 1.54) is 17.1 Å². The van der Waals surface area contributed by atoms with Crippen LogP contribution in [0.1, 0.15) is 26.2 Å². The molecule has 1 fully saturated rings. The van der Waals surface area contributed by atoms with Gasteiger partial charge in [0.05, 0.1) is 6.20 Å². The lowest BCUT2D eigenvalue weighted by Crippen LogP contribution is -2.52. The normalized spacial score (nSPS) is 24.7. The number of aryl methyl sites for hydroxylation is 1. The maximum atomic E-state index is 12.5. The Morgan fingerprint density at radius 3 is 2.74 bits per heavy atom. The first-order valence-corrected chi connectivity index (χ1v) is 7.53. The van der Waals surface area contributed by atoms with Gasteiger partial charge >= 0.3 is 5.97 Å². The van der Waals surface area contributed by atoms with Gasteiger partial charge in [-0.25, -0.2) is 8.42 Å². The van der Waals surface area contributed by atoms with Crippen LogP contribution < -0.4 is 0 Å². The Labute approximate surface area is 111 Å². The summed E-state index contributed by atoms with van der Waals surface area (Å²) in [5.74, 6) is -1.08. The molecule has 1 atom stereocenters. The fourth-order valence-electron chi connectivity index (χ4n) is 2.58. The molecule has 8 heteroatoms. The molecule has 19 heavy (non-hydrogen) atoms. The Kier molecular flexibility index (Phi) is 3.40. The Hall–Kier alpha value is -1.41. The topological polar surface area (TPSA) is 92.5 Å². The summed E-state index contributed by atoms with van der Waals surface area (Å²) in [6.07, 6.45) is 3.78. The second-order valence-corrected chi connectivity index (χ2v) is 6.58. The number of carboxylic acids is 1. The van der Waals surface area contributed by atoms with E-state index < -0.39 is 21.5 Å². The number of aromatic nitrogens is 2. The van der Waals surface area contributed by atoms with Crippen LogP contribution in [0.2, 0.25) is 0 Å². The van der Waals surface area contributed by atoms with E-state index in [-0.39, 0.29) is 17.9 Å². The first-order chi connectivity index (χ1) is 8.84. The quantitative estimate of drug-likeness (QED) is 0.867. The van der Waals surface area contributed by atoms with E-state index in [2.05, 4.69) is 5.10 Å². The van der Waals surface area contributed by atoms with Crippen molar-refractivity contribution in [3.05, 3.63) is 12.4 Å². The van der Waals surface area contributed by atoms with Crippen LogP contribution in [0.25, 0.3) is 0 Å². The smallest absolute Gasteiger partial charge is 0.325 e. The summed E-state index contributed by atoms with van der Waals surface area (Å²) in [5.41, 5.74) is -1.32. The first-order valence-electron chi connectivity index (χ1n) is 6.09. The molecule has 0 aliphatic carbocycles. The zero-order valence-electron chi connectivity index (χ0n) is 10.9. The molecule has 1 aromatic heterocycles. The van der Waals surface area contributed by atoms with E-state index in [4.69, 9.17) is 0 Å². The number of hydrogen-bond acceptors (Lipinski definition) is 4. The molecule has 2 rings (SSSR count). The van der Waals surface area contributed by atoms with Gasteiger partial charge in [0.25, 0.3) is 0 Å². The number of aliphatic carboxylic acids is 1. The van der Waals surface area contributed by atoms with Crippen molar-refractivity contribution in [2.24, 2.45) is 7.05 Å². The summed E-state index contributed by atoms with van der Waals surface area (Å²) < 4.78 is 27.6. The summed E-state index contributed by atoms with van der Waals surface area (Å²) in [6.45, 7) is 1.93. The van der Waals surface area contributed by atoms with Crippen LogP contribution in [-0.2, 0) is 21.9 Å². The van der Waals surface area contributed by atoms with Crippen LogP contribution in [0.4, 0.5) is 0 Å². The Morgan fingerprint density at radius 1 is 1.58 bits per heavy atom. The van der Waals surface area contributed by atoms with Gasteiger partial charge < -0.3 is 5.11 Å². The van der Waals surface area contributed by atoms with E-state index >= 15 is 0 Å². The van der Waals surface area contributed by atoms with Gasteiger partial charge in [0.2, 0.25) is 10.0 Å². The van der Waals surface area contributed by atoms with Crippen molar-refractivity contribution in [2.45, 2.75) is 36.6 Å². The van der Waals surface area contributed by atoms with Crippen molar-refractivity contribution in [1.29, 1.82) is 0 Å². The minimum atomic E-state index is -3.81. The molecule has 0 radical (unpaired) electrons. The monoisotopic (exact) mass is 287 g/mol. The first kappa shape index (κ1) is 14.0. The Bertz CT molecular complexity index is 595. The van der Waals surface area contributed by atoms with E-state index in [0.29, 0.717) is 12.8 Å². The predicted octanol–water partition coefficient (Wildman–Crippen LogP) is 0.438. The van der Waals surface area contributed by atoms with Crippen molar-refractivity contribution < 1.29 is 18.3 Å². The SMILES string of the molecule is CCC1(C(=O)O)CCCN1S(=O)(=O)c1cnn(C)c1. The number of carbonyl (C=O) groups is 1. The lowest BCUT2D eigenvalue weighted by Gasteiger charge is -2.32. The molecule has 0 saturated carbocycles. The standard InChI is InChI=1S/C11H17N3O4S/c1-3-11(10(15)16)5-4-6-14(11)19(17,18)9-7-12-13(2)8-9/h7-8H,3-6H2,1-2H3,(H,15,16). The fraction of sp³-hybridized carbons (Fsp3) is 0.636. The second kappa shape index (κ2) is 4.61. The highest BCUT2D eigenvalue weighted by Gasteiger charge is 2.52. The summed E-state index contributed by atoms with van der Waals surface area (Å²) in [6, 6.07) is 0. The lowest BCUT2D eigenvalue weighted by molar-refractivity contribution is -0.147. The summed E-state index contributed by atoms with van der Waals surface area (Å²) in [5, 5.41) is 13.3. The van der Waals surface area contributed by atoms with Crippen LogP contribution in [0, 0.1) is 0 Å². The van der Waals surface area contributed by atoms with Crippen LogP contribution in [-0.4, -0.2) is 45.7 Å². The molecule has 2 heterocycles.